The van der Waals surface area contributed by atoms with Gasteiger partial charge in [0.25, 0.3) is 0 Å². The lowest BCUT2D eigenvalue weighted by atomic mass is 10.2. The number of hydrogen-bond donors (Lipinski definition) is 0. The summed E-state index contributed by atoms with van der Waals surface area (Å²) >= 11 is 0. The third kappa shape index (κ3) is 3.81. The topological polar surface area (TPSA) is 55.2 Å². The highest BCUT2D eigenvalue weighted by Gasteiger charge is 2.35. The molecule has 4 rings (SSSR count). The summed E-state index contributed by atoms with van der Waals surface area (Å²) in [5.74, 6) is 0.665. The molecule has 30 heavy (non-hydrogen) atoms. The average Bonchev–Trinajstić information content (AvgIpc) is 3.35. The molecule has 1 atom stereocenters. The maximum absolute atomic E-state index is 12.9. The van der Waals surface area contributed by atoms with E-state index in [9.17, 15) is 21.6 Å². The number of aromatic nitrogens is 2. The molecule has 0 N–H and O–H groups in total. The van der Waals surface area contributed by atoms with Crippen molar-refractivity contribution < 1.29 is 21.6 Å². The first-order chi connectivity index (χ1) is 14.2. The van der Waals surface area contributed by atoms with E-state index in [4.69, 9.17) is 0 Å². The minimum Gasteiger partial charge on any atom is -0.355 e. The van der Waals surface area contributed by atoms with Gasteiger partial charge in [-0.3, -0.25) is 0 Å². The number of sulfone groups is 1. The van der Waals surface area contributed by atoms with E-state index in [1.807, 2.05) is 11.0 Å². The highest BCUT2D eigenvalue weighted by Crippen LogP contribution is 2.32. The molecule has 0 radical (unpaired) electrons. The average molecular weight is 435 g/mol. The van der Waals surface area contributed by atoms with Crippen LogP contribution in [0.25, 0.3) is 5.69 Å². The zero-order chi connectivity index (χ0) is 21.5. The van der Waals surface area contributed by atoms with Crippen LogP contribution in [0.2, 0.25) is 0 Å². The molecule has 2 heterocycles. The van der Waals surface area contributed by atoms with E-state index in [1.54, 1.807) is 41.9 Å². The summed E-state index contributed by atoms with van der Waals surface area (Å²) in [7, 11) is -3.47. The summed E-state index contributed by atoms with van der Waals surface area (Å²) in [6.45, 7) is 2.60. The molecule has 1 aliphatic rings. The molecule has 5 nitrogen and oxygen atoms in total. The van der Waals surface area contributed by atoms with Gasteiger partial charge in [0.05, 0.1) is 27.1 Å². The van der Waals surface area contributed by atoms with Gasteiger partial charge in [-0.15, -0.1) is 0 Å². The molecule has 1 aliphatic heterocycles. The Morgan fingerprint density at radius 2 is 1.70 bits per heavy atom. The van der Waals surface area contributed by atoms with Crippen molar-refractivity contribution in [3.63, 3.8) is 0 Å². The number of rotatable bonds is 4. The van der Waals surface area contributed by atoms with Crippen LogP contribution in [0.1, 0.15) is 17.7 Å². The van der Waals surface area contributed by atoms with Crippen molar-refractivity contribution in [2.75, 3.05) is 18.0 Å². The molecule has 0 saturated carbocycles. The second-order valence-electron chi connectivity index (χ2n) is 7.32. The molecule has 9 heteroatoms. The van der Waals surface area contributed by atoms with Gasteiger partial charge in [0.2, 0.25) is 0 Å². The van der Waals surface area contributed by atoms with E-state index in [2.05, 4.69) is 5.10 Å². The van der Waals surface area contributed by atoms with Crippen LogP contribution in [0.15, 0.2) is 65.6 Å². The summed E-state index contributed by atoms with van der Waals surface area (Å²) in [6, 6.07) is 14.9. The first-order valence-corrected chi connectivity index (χ1v) is 11.0. The summed E-state index contributed by atoms with van der Waals surface area (Å²) in [5.41, 5.74) is 0.451. The second kappa shape index (κ2) is 7.46. The Labute approximate surface area is 172 Å². The van der Waals surface area contributed by atoms with Crippen molar-refractivity contribution in [1.29, 1.82) is 0 Å². The first kappa shape index (κ1) is 20.5. The lowest BCUT2D eigenvalue weighted by molar-refractivity contribution is -0.137. The number of alkyl halides is 3. The molecule has 1 fully saturated rings. The summed E-state index contributed by atoms with van der Waals surface area (Å²) in [5, 5.41) is 3.85. The lowest BCUT2D eigenvalue weighted by Crippen LogP contribution is -2.28. The Kier molecular flexibility index (Phi) is 5.09. The molecule has 158 valence electrons. The minimum atomic E-state index is -4.41. The lowest BCUT2D eigenvalue weighted by Gasteiger charge is -2.20. The maximum Gasteiger partial charge on any atom is 0.416 e. The fourth-order valence-electron chi connectivity index (χ4n) is 3.68. The van der Waals surface area contributed by atoms with E-state index in [0.717, 1.165) is 12.1 Å². The fraction of sp³-hybridized carbons (Fsp3) is 0.286. The number of anilines is 1. The molecule has 0 amide bonds. The number of nitrogens with zero attached hydrogens (tertiary/aromatic N) is 3. The minimum absolute atomic E-state index is 0.295. The Hall–Kier alpha value is -2.81. The summed E-state index contributed by atoms with van der Waals surface area (Å²) in [6.07, 6.45) is -3.94. The van der Waals surface area contributed by atoms with Crippen LogP contribution in [-0.4, -0.2) is 36.5 Å². The van der Waals surface area contributed by atoms with Gasteiger partial charge in [0.15, 0.2) is 9.84 Å². The zero-order valence-electron chi connectivity index (χ0n) is 16.2. The predicted octanol–water partition coefficient (Wildman–Crippen LogP) is 4.25. The van der Waals surface area contributed by atoms with Gasteiger partial charge < -0.3 is 4.90 Å². The summed E-state index contributed by atoms with van der Waals surface area (Å²) in [4.78, 5) is 2.22. The number of aryl methyl sites for hydroxylation is 1. The number of hydrogen-bond acceptors (Lipinski definition) is 4. The van der Waals surface area contributed by atoms with Crippen molar-refractivity contribution in [1.82, 2.24) is 9.78 Å². The molecular weight excluding hydrogens is 415 g/mol. The molecule has 0 bridgehead atoms. The van der Waals surface area contributed by atoms with E-state index in [0.29, 0.717) is 41.6 Å². The Bertz CT molecular complexity index is 1140. The molecule has 1 aromatic heterocycles. The van der Waals surface area contributed by atoms with Crippen molar-refractivity contribution in [3.8, 4) is 5.69 Å². The van der Waals surface area contributed by atoms with Crippen LogP contribution < -0.4 is 4.90 Å². The van der Waals surface area contributed by atoms with Gasteiger partial charge in [0.1, 0.15) is 5.82 Å². The SMILES string of the molecule is Cc1cc(N2CCC(S(=O)(=O)c3ccccc3)C2)n(-c2ccc(C(F)(F)F)cc2)n1. The third-order valence-corrected chi connectivity index (χ3v) is 7.42. The highest BCUT2D eigenvalue weighted by molar-refractivity contribution is 7.92. The van der Waals surface area contributed by atoms with Crippen LogP contribution in [0.5, 0.6) is 0 Å². The first-order valence-electron chi connectivity index (χ1n) is 9.44. The van der Waals surface area contributed by atoms with Crippen molar-refractivity contribution in [2.24, 2.45) is 0 Å². The maximum atomic E-state index is 12.9. The highest BCUT2D eigenvalue weighted by atomic mass is 32.2. The van der Waals surface area contributed by atoms with Gasteiger partial charge in [0, 0.05) is 19.2 Å². The molecule has 3 aromatic rings. The number of benzene rings is 2. The smallest absolute Gasteiger partial charge is 0.355 e. The van der Waals surface area contributed by atoms with E-state index >= 15 is 0 Å². The fourth-order valence-corrected chi connectivity index (χ4v) is 5.40. The van der Waals surface area contributed by atoms with Crippen LogP contribution in [0, 0.1) is 6.92 Å². The van der Waals surface area contributed by atoms with Gasteiger partial charge in [-0.1, -0.05) is 18.2 Å². The molecular formula is C21H20F3N3O2S. The van der Waals surface area contributed by atoms with E-state index in [1.165, 1.54) is 12.1 Å². The van der Waals surface area contributed by atoms with Crippen LogP contribution in [0.4, 0.5) is 19.0 Å². The monoisotopic (exact) mass is 435 g/mol. The standard InChI is InChI=1S/C21H20F3N3O2S/c1-15-13-20(27(25-15)17-9-7-16(8-10-17)21(22,23)24)26-12-11-19(14-26)30(28,29)18-5-3-2-4-6-18/h2-10,13,19H,11-12,14H2,1H3. The quantitative estimate of drug-likeness (QED) is 0.615. The third-order valence-electron chi connectivity index (χ3n) is 5.23. The van der Waals surface area contributed by atoms with Crippen molar-refractivity contribution in [2.45, 2.75) is 29.7 Å². The molecule has 0 aliphatic carbocycles. The molecule has 1 unspecified atom stereocenters. The van der Waals surface area contributed by atoms with Gasteiger partial charge in [-0.25, -0.2) is 13.1 Å². The van der Waals surface area contributed by atoms with Crippen molar-refractivity contribution >= 4 is 15.7 Å². The Morgan fingerprint density at radius 3 is 2.33 bits per heavy atom. The second-order valence-corrected chi connectivity index (χ2v) is 9.54. The van der Waals surface area contributed by atoms with Crippen molar-refractivity contribution in [3.05, 3.63) is 71.9 Å². The van der Waals surface area contributed by atoms with Gasteiger partial charge >= 0.3 is 6.18 Å². The van der Waals surface area contributed by atoms with Crippen LogP contribution in [0.3, 0.4) is 0 Å². The largest absolute Gasteiger partial charge is 0.416 e. The van der Waals surface area contributed by atoms with Gasteiger partial charge in [-0.05, 0) is 49.7 Å². The Morgan fingerprint density at radius 1 is 1.03 bits per heavy atom. The van der Waals surface area contributed by atoms with Gasteiger partial charge in [-0.2, -0.15) is 18.3 Å². The predicted molar refractivity (Wildman–Crippen MR) is 108 cm³/mol. The van der Waals surface area contributed by atoms with Crippen LogP contribution in [-0.2, 0) is 16.0 Å². The summed E-state index contributed by atoms with van der Waals surface area (Å²) < 4.78 is 66.0. The van der Waals surface area contributed by atoms with E-state index < -0.39 is 26.8 Å². The van der Waals surface area contributed by atoms with E-state index in [-0.39, 0.29) is 0 Å². The number of halogens is 3. The molecule has 0 spiro atoms. The normalized spacial score (nSPS) is 17.5. The Balaban J connectivity index is 1.61. The molecule has 1 saturated heterocycles. The van der Waals surface area contributed by atoms with Crippen LogP contribution >= 0.6 is 0 Å². The zero-order valence-corrected chi connectivity index (χ0v) is 17.0. The molecule has 2 aromatic carbocycles.